The normalized spacial score (nSPS) is 9.91. The summed E-state index contributed by atoms with van der Waals surface area (Å²) >= 11 is 1.28. The molecule has 8 heteroatoms. The zero-order valence-electron chi connectivity index (χ0n) is 11.8. The third kappa shape index (κ3) is 3.47. The first-order valence-corrected chi connectivity index (χ1v) is 7.00. The van der Waals surface area contributed by atoms with E-state index >= 15 is 0 Å². The molecule has 1 amide bonds. The Morgan fingerprint density at radius 2 is 1.64 bits per heavy atom. The van der Waals surface area contributed by atoms with E-state index in [1.807, 2.05) is 0 Å². The van der Waals surface area contributed by atoms with Crippen LogP contribution in [0.2, 0.25) is 0 Å². The van der Waals surface area contributed by atoms with Gasteiger partial charge in [-0.25, -0.2) is 14.6 Å². The molecule has 22 heavy (non-hydrogen) atoms. The minimum Gasteiger partial charge on any atom is -0.465 e. The third-order valence-electron chi connectivity index (χ3n) is 2.70. The van der Waals surface area contributed by atoms with Crippen molar-refractivity contribution in [2.75, 3.05) is 19.5 Å². The van der Waals surface area contributed by atoms with Crippen molar-refractivity contribution in [3.8, 4) is 0 Å². The van der Waals surface area contributed by atoms with E-state index in [2.05, 4.69) is 19.8 Å². The Balaban J connectivity index is 2.35. The van der Waals surface area contributed by atoms with Gasteiger partial charge in [0.2, 0.25) is 0 Å². The molecule has 2 aromatic rings. The summed E-state index contributed by atoms with van der Waals surface area (Å²) < 4.78 is 9.24. The predicted octanol–water partition coefficient (Wildman–Crippen LogP) is 1.97. The van der Waals surface area contributed by atoms with Crippen LogP contribution in [0.15, 0.2) is 29.1 Å². The average Bonchev–Trinajstić information content (AvgIpc) is 3.07. The van der Waals surface area contributed by atoms with Crippen molar-refractivity contribution in [1.29, 1.82) is 0 Å². The molecule has 0 fully saturated rings. The molecule has 0 bridgehead atoms. The molecule has 114 valence electrons. The molecule has 0 spiro atoms. The number of carbonyl (C=O) groups excluding carboxylic acids is 3. The van der Waals surface area contributed by atoms with Gasteiger partial charge in [-0.2, -0.15) is 0 Å². The lowest BCUT2D eigenvalue weighted by molar-refractivity contribution is 0.0599. The molecular formula is C14H12N2O5S. The smallest absolute Gasteiger partial charge is 0.337 e. The third-order valence-corrected chi connectivity index (χ3v) is 3.28. The van der Waals surface area contributed by atoms with Crippen molar-refractivity contribution >= 4 is 34.9 Å². The highest BCUT2D eigenvalue weighted by Gasteiger charge is 2.16. The van der Waals surface area contributed by atoms with Crippen LogP contribution >= 0.6 is 11.3 Å². The largest absolute Gasteiger partial charge is 0.465 e. The van der Waals surface area contributed by atoms with E-state index in [4.69, 9.17) is 0 Å². The number of rotatable bonds is 4. The number of ether oxygens (including phenoxy) is 2. The first-order chi connectivity index (χ1) is 10.5. The summed E-state index contributed by atoms with van der Waals surface area (Å²) in [5, 5.41) is 4.16. The Kier molecular flexibility index (Phi) is 4.84. The first kappa shape index (κ1) is 15.6. The van der Waals surface area contributed by atoms with Crippen LogP contribution in [0, 0.1) is 0 Å². The summed E-state index contributed by atoms with van der Waals surface area (Å²) in [6.07, 6.45) is 0. The van der Waals surface area contributed by atoms with Gasteiger partial charge in [0.15, 0.2) is 0 Å². The van der Waals surface area contributed by atoms with Gasteiger partial charge < -0.3 is 14.8 Å². The van der Waals surface area contributed by atoms with E-state index in [1.54, 1.807) is 5.38 Å². The van der Waals surface area contributed by atoms with E-state index in [0.717, 1.165) is 0 Å². The number of esters is 2. The second kappa shape index (κ2) is 6.81. The van der Waals surface area contributed by atoms with Crippen molar-refractivity contribution in [1.82, 2.24) is 4.98 Å². The number of anilines is 1. The van der Waals surface area contributed by atoms with Crippen LogP contribution in [0.4, 0.5) is 5.69 Å². The summed E-state index contributed by atoms with van der Waals surface area (Å²) in [5.41, 5.74) is 2.28. The van der Waals surface area contributed by atoms with Crippen molar-refractivity contribution in [3.63, 3.8) is 0 Å². The van der Waals surface area contributed by atoms with Gasteiger partial charge in [-0.15, -0.1) is 11.3 Å². The zero-order chi connectivity index (χ0) is 16.1. The fourth-order valence-corrected chi connectivity index (χ4v) is 2.22. The number of nitrogens with zero attached hydrogens (tertiary/aromatic N) is 1. The summed E-state index contributed by atoms with van der Waals surface area (Å²) in [6, 6.07) is 4.14. The Labute approximate surface area is 129 Å². The lowest BCUT2D eigenvalue weighted by atomic mass is 10.1. The van der Waals surface area contributed by atoms with Gasteiger partial charge in [-0.3, -0.25) is 4.79 Å². The Bertz CT molecular complexity index is 678. The van der Waals surface area contributed by atoms with Crippen molar-refractivity contribution in [2.45, 2.75) is 0 Å². The van der Waals surface area contributed by atoms with Crippen LogP contribution in [0.3, 0.4) is 0 Å². The summed E-state index contributed by atoms with van der Waals surface area (Å²) in [6.45, 7) is 0. The van der Waals surface area contributed by atoms with E-state index in [1.165, 1.54) is 49.3 Å². The van der Waals surface area contributed by atoms with Gasteiger partial charge in [-0.1, -0.05) is 0 Å². The standard InChI is InChI=1S/C14H12N2O5S/c1-20-13(18)8-3-9(14(19)21-2)5-10(4-8)16-12(17)11-6-22-7-15-11/h3-7H,1-2H3,(H,16,17). The molecule has 0 saturated heterocycles. The number of hydrogen-bond donors (Lipinski definition) is 1. The van der Waals surface area contributed by atoms with Gasteiger partial charge in [0.25, 0.3) is 5.91 Å². The molecule has 2 rings (SSSR count). The van der Waals surface area contributed by atoms with Crippen LogP contribution in [-0.4, -0.2) is 37.0 Å². The summed E-state index contributed by atoms with van der Waals surface area (Å²) in [4.78, 5) is 39.2. The highest BCUT2D eigenvalue weighted by atomic mass is 32.1. The SMILES string of the molecule is COC(=O)c1cc(NC(=O)c2cscn2)cc(C(=O)OC)c1. The number of thiazole rings is 1. The van der Waals surface area contributed by atoms with E-state index in [-0.39, 0.29) is 22.5 Å². The maximum absolute atomic E-state index is 12.0. The number of amides is 1. The van der Waals surface area contributed by atoms with E-state index < -0.39 is 17.8 Å². The molecule has 0 saturated carbocycles. The monoisotopic (exact) mass is 320 g/mol. The molecule has 7 nitrogen and oxygen atoms in total. The average molecular weight is 320 g/mol. The van der Waals surface area contributed by atoms with Crippen LogP contribution in [-0.2, 0) is 9.47 Å². The first-order valence-electron chi connectivity index (χ1n) is 6.06. The van der Waals surface area contributed by atoms with Crippen molar-refractivity contribution < 1.29 is 23.9 Å². The van der Waals surface area contributed by atoms with Crippen LogP contribution < -0.4 is 5.32 Å². The minimum atomic E-state index is -0.630. The molecule has 0 unspecified atom stereocenters. The lowest BCUT2D eigenvalue weighted by Gasteiger charge is -2.08. The zero-order valence-corrected chi connectivity index (χ0v) is 12.6. The topological polar surface area (TPSA) is 94.6 Å². The quantitative estimate of drug-likeness (QED) is 0.866. The van der Waals surface area contributed by atoms with Gasteiger partial charge in [0.1, 0.15) is 5.69 Å². The second-order valence-electron chi connectivity index (χ2n) is 4.11. The summed E-state index contributed by atoms with van der Waals surface area (Å²) in [5.74, 6) is -1.70. The number of nitrogens with one attached hydrogen (secondary N) is 1. The Morgan fingerprint density at radius 1 is 1.05 bits per heavy atom. The molecule has 0 aliphatic carbocycles. The molecular weight excluding hydrogens is 308 g/mol. The highest BCUT2D eigenvalue weighted by Crippen LogP contribution is 2.18. The van der Waals surface area contributed by atoms with Crippen molar-refractivity contribution in [3.05, 3.63) is 45.9 Å². The number of benzene rings is 1. The number of methoxy groups -OCH3 is 2. The number of hydrogen-bond acceptors (Lipinski definition) is 7. The van der Waals surface area contributed by atoms with Crippen molar-refractivity contribution in [2.24, 2.45) is 0 Å². The molecule has 0 aliphatic rings. The van der Waals surface area contributed by atoms with E-state index in [9.17, 15) is 14.4 Å². The Morgan fingerprint density at radius 3 is 2.09 bits per heavy atom. The lowest BCUT2D eigenvalue weighted by Crippen LogP contribution is -2.14. The van der Waals surface area contributed by atoms with Crippen LogP contribution in [0.25, 0.3) is 0 Å². The fraction of sp³-hybridized carbons (Fsp3) is 0.143. The van der Waals surface area contributed by atoms with Gasteiger partial charge >= 0.3 is 11.9 Å². The fourth-order valence-electron chi connectivity index (χ4n) is 1.69. The van der Waals surface area contributed by atoms with Crippen LogP contribution in [0.5, 0.6) is 0 Å². The minimum absolute atomic E-state index is 0.124. The van der Waals surface area contributed by atoms with Crippen LogP contribution in [0.1, 0.15) is 31.2 Å². The summed E-state index contributed by atoms with van der Waals surface area (Å²) in [7, 11) is 2.45. The molecule has 1 N–H and O–H groups in total. The van der Waals surface area contributed by atoms with Gasteiger partial charge in [-0.05, 0) is 18.2 Å². The number of aromatic nitrogens is 1. The maximum Gasteiger partial charge on any atom is 0.337 e. The molecule has 1 aromatic heterocycles. The molecule has 1 heterocycles. The molecule has 0 atom stereocenters. The highest BCUT2D eigenvalue weighted by molar-refractivity contribution is 7.07. The Hall–Kier alpha value is -2.74. The predicted molar refractivity (Wildman–Crippen MR) is 79.2 cm³/mol. The van der Waals surface area contributed by atoms with E-state index in [0.29, 0.717) is 0 Å². The number of carbonyl (C=O) groups is 3. The van der Waals surface area contributed by atoms with Gasteiger partial charge in [0, 0.05) is 11.1 Å². The molecule has 1 aromatic carbocycles. The maximum atomic E-state index is 12.0. The van der Waals surface area contributed by atoms with Gasteiger partial charge in [0.05, 0.1) is 30.9 Å². The molecule has 0 radical (unpaired) electrons. The second-order valence-corrected chi connectivity index (χ2v) is 4.83. The molecule has 0 aliphatic heterocycles.